The summed E-state index contributed by atoms with van der Waals surface area (Å²) in [5.41, 5.74) is -0.139. The summed E-state index contributed by atoms with van der Waals surface area (Å²) in [6, 6.07) is 0. The van der Waals surface area contributed by atoms with E-state index in [4.69, 9.17) is 4.74 Å². The van der Waals surface area contributed by atoms with E-state index in [1.807, 2.05) is 20.8 Å². The maximum Gasteiger partial charge on any atom is 0.125 e. The summed E-state index contributed by atoms with van der Waals surface area (Å²) in [6.07, 6.45) is 3.49. The Kier molecular flexibility index (Phi) is 5.12. The molecule has 0 radical (unpaired) electrons. The molecule has 2 heteroatoms. The lowest BCUT2D eigenvalue weighted by Gasteiger charge is -2.03. The Balaban J connectivity index is 0.000000183. The van der Waals surface area contributed by atoms with Gasteiger partial charge in [-0.25, -0.2) is 0 Å². The van der Waals surface area contributed by atoms with E-state index in [2.05, 4.69) is 0 Å². The van der Waals surface area contributed by atoms with Gasteiger partial charge in [0.15, 0.2) is 0 Å². The molecule has 66 valence electrons. The van der Waals surface area contributed by atoms with Crippen LogP contribution in [-0.2, 0) is 9.53 Å². The first-order valence-corrected chi connectivity index (χ1v) is 4.10. The minimum absolute atomic E-state index is 0.139. The van der Waals surface area contributed by atoms with Crippen LogP contribution in [0, 0.1) is 5.41 Å². The molecule has 1 aliphatic rings. The number of hydrogen-bond acceptors (Lipinski definition) is 2. The maximum absolute atomic E-state index is 9.83. The molecule has 1 aliphatic heterocycles. The Bertz CT molecular complexity index is 91.0. The van der Waals surface area contributed by atoms with Gasteiger partial charge in [0.05, 0.1) is 0 Å². The lowest BCUT2D eigenvalue weighted by atomic mass is 10.0. The van der Waals surface area contributed by atoms with E-state index < -0.39 is 0 Å². The van der Waals surface area contributed by atoms with Gasteiger partial charge >= 0.3 is 0 Å². The molecule has 2 nitrogen and oxygen atoms in total. The van der Waals surface area contributed by atoms with Crippen molar-refractivity contribution in [3.63, 3.8) is 0 Å². The van der Waals surface area contributed by atoms with Crippen molar-refractivity contribution in [2.45, 2.75) is 33.6 Å². The van der Waals surface area contributed by atoms with Crippen molar-refractivity contribution in [2.24, 2.45) is 5.41 Å². The summed E-state index contributed by atoms with van der Waals surface area (Å²) in [7, 11) is 0. The second-order valence-electron chi connectivity index (χ2n) is 3.80. The molecule has 0 aliphatic carbocycles. The van der Waals surface area contributed by atoms with E-state index in [0.717, 1.165) is 19.5 Å². The van der Waals surface area contributed by atoms with Crippen molar-refractivity contribution in [1.29, 1.82) is 0 Å². The molecule has 0 bridgehead atoms. The van der Waals surface area contributed by atoms with Crippen molar-refractivity contribution in [1.82, 2.24) is 0 Å². The molecule has 0 atom stereocenters. The molecule has 0 spiro atoms. The molecule has 0 aromatic rings. The normalized spacial score (nSPS) is 17.0. The Hall–Kier alpha value is -0.370. The van der Waals surface area contributed by atoms with Crippen molar-refractivity contribution in [3.8, 4) is 0 Å². The fourth-order valence-electron chi connectivity index (χ4n) is 0.510. The van der Waals surface area contributed by atoms with E-state index in [9.17, 15) is 4.79 Å². The van der Waals surface area contributed by atoms with Gasteiger partial charge < -0.3 is 9.53 Å². The summed E-state index contributed by atoms with van der Waals surface area (Å²) in [4.78, 5) is 9.83. The number of hydrogen-bond donors (Lipinski definition) is 0. The van der Waals surface area contributed by atoms with Gasteiger partial charge in [-0.05, 0) is 12.8 Å². The second-order valence-corrected chi connectivity index (χ2v) is 3.80. The molecule has 1 saturated heterocycles. The Morgan fingerprint density at radius 3 is 1.64 bits per heavy atom. The highest BCUT2D eigenvalue weighted by Crippen LogP contribution is 2.05. The van der Waals surface area contributed by atoms with Crippen LogP contribution in [-0.4, -0.2) is 19.5 Å². The SMILES string of the molecule is C1CCOC1.CC(C)(C)C=O. The zero-order valence-corrected chi connectivity index (χ0v) is 7.72. The highest BCUT2D eigenvalue weighted by atomic mass is 16.5. The van der Waals surface area contributed by atoms with Crippen LogP contribution in [0.5, 0.6) is 0 Å². The smallest absolute Gasteiger partial charge is 0.125 e. The topological polar surface area (TPSA) is 26.3 Å². The van der Waals surface area contributed by atoms with Crippen LogP contribution in [0.3, 0.4) is 0 Å². The average Bonchev–Trinajstić information content (AvgIpc) is 2.41. The predicted molar refractivity (Wildman–Crippen MR) is 45.6 cm³/mol. The number of aldehydes is 1. The quantitative estimate of drug-likeness (QED) is 0.504. The van der Waals surface area contributed by atoms with Gasteiger partial charge in [-0.1, -0.05) is 20.8 Å². The average molecular weight is 158 g/mol. The van der Waals surface area contributed by atoms with Crippen LogP contribution in [0.25, 0.3) is 0 Å². The molecule has 11 heavy (non-hydrogen) atoms. The van der Waals surface area contributed by atoms with Crippen LogP contribution in [0.4, 0.5) is 0 Å². The van der Waals surface area contributed by atoms with Crippen molar-refractivity contribution in [2.75, 3.05) is 13.2 Å². The minimum atomic E-state index is -0.139. The number of carbonyl (C=O) groups is 1. The van der Waals surface area contributed by atoms with Crippen molar-refractivity contribution in [3.05, 3.63) is 0 Å². The first kappa shape index (κ1) is 10.6. The molecule has 1 fully saturated rings. The third-order valence-electron chi connectivity index (χ3n) is 1.18. The van der Waals surface area contributed by atoms with Gasteiger partial charge in [-0.2, -0.15) is 0 Å². The number of carbonyl (C=O) groups excluding carboxylic acids is 1. The van der Waals surface area contributed by atoms with Gasteiger partial charge in [-0.15, -0.1) is 0 Å². The molecular weight excluding hydrogens is 140 g/mol. The Morgan fingerprint density at radius 2 is 1.55 bits per heavy atom. The lowest BCUT2D eigenvalue weighted by Crippen LogP contribution is -2.04. The standard InChI is InChI=1S/C5H10O.C4H8O/c1-5(2,3)4-6;1-2-4-5-3-1/h4H,1-3H3;1-4H2. The van der Waals surface area contributed by atoms with Crippen LogP contribution in [0.2, 0.25) is 0 Å². The zero-order valence-electron chi connectivity index (χ0n) is 7.72. The first-order valence-electron chi connectivity index (χ1n) is 4.10. The molecular formula is C9H18O2. The molecule has 0 N–H and O–H groups in total. The Labute approximate surface area is 68.9 Å². The monoisotopic (exact) mass is 158 g/mol. The largest absolute Gasteiger partial charge is 0.381 e. The van der Waals surface area contributed by atoms with Crippen molar-refractivity contribution < 1.29 is 9.53 Å². The van der Waals surface area contributed by atoms with E-state index in [1.165, 1.54) is 12.8 Å². The number of rotatable bonds is 0. The molecule has 0 amide bonds. The van der Waals surface area contributed by atoms with E-state index in [1.54, 1.807) is 0 Å². The van der Waals surface area contributed by atoms with Gasteiger partial charge in [-0.3, -0.25) is 0 Å². The Morgan fingerprint density at radius 1 is 1.18 bits per heavy atom. The van der Waals surface area contributed by atoms with E-state index >= 15 is 0 Å². The molecule has 0 unspecified atom stereocenters. The van der Waals surface area contributed by atoms with Gasteiger partial charge in [0, 0.05) is 18.6 Å². The van der Waals surface area contributed by atoms with Crippen LogP contribution < -0.4 is 0 Å². The maximum atomic E-state index is 9.83. The summed E-state index contributed by atoms with van der Waals surface area (Å²) < 4.78 is 4.94. The molecule has 0 aromatic heterocycles. The van der Waals surface area contributed by atoms with Gasteiger partial charge in [0.1, 0.15) is 6.29 Å². The zero-order chi connectivity index (χ0) is 8.74. The van der Waals surface area contributed by atoms with Crippen LogP contribution in [0.1, 0.15) is 33.6 Å². The first-order chi connectivity index (χ1) is 5.06. The second kappa shape index (κ2) is 5.30. The fraction of sp³-hybridized carbons (Fsp3) is 0.889. The van der Waals surface area contributed by atoms with Gasteiger partial charge in [0.2, 0.25) is 0 Å². The minimum Gasteiger partial charge on any atom is -0.381 e. The van der Waals surface area contributed by atoms with Crippen LogP contribution >= 0.6 is 0 Å². The van der Waals surface area contributed by atoms with Crippen molar-refractivity contribution >= 4 is 6.29 Å². The summed E-state index contributed by atoms with van der Waals surface area (Å²) in [6.45, 7) is 7.62. The highest BCUT2D eigenvalue weighted by molar-refractivity contribution is 5.56. The van der Waals surface area contributed by atoms with E-state index in [0.29, 0.717) is 0 Å². The molecule has 1 rings (SSSR count). The molecule has 0 aromatic carbocycles. The highest BCUT2D eigenvalue weighted by Gasteiger charge is 2.04. The van der Waals surface area contributed by atoms with Gasteiger partial charge in [0.25, 0.3) is 0 Å². The summed E-state index contributed by atoms with van der Waals surface area (Å²) >= 11 is 0. The summed E-state index contributed by atoms with van der Waals surface area (Å²) in [5, 5.41) is 0. The van der Waals surface area contributed by atoms with Crippen LogP contribution in [0.15, 0.2) is 0 Å². The molecule has 1 heterocycles. The fourth-order valence-corrected chi connectivity index (χ4v) is 0.510. The third-order valence-corrected chi connectivity index (χ3v) is 1.18. The third kappa shape index (κ3) is 9.63. The van der Waals surface area contributed by atoms with E-state index in [-0.39, 0.29) is 5.41 Å². The molecule has 0 saturated carbocycles. The lowest BCUT2D eigenvalue weighted by molar-refractivity contribution is -0.113. The summed E-state index contributed by atoms with van der Waals surface area (Å²) in [5.74, 6) is 0. The number of ether oxygens (including phenoxy) is 1. The predicted octanol–water partition coefficient (Wildman–Crippen LogP) is 2.03.